The first-order valence-corrected chi connectivity index (χ1v) is 6.40. The van der Waals surface area contributed by atoms with Crippen LogP contribution in [0.25, 0.3) is 11.4 Å². The first-order valence-electron chi connectivity index (χ1n) is 6.40. The van der Waals surface area contributed by atoms with Gasteiger partial charge in [-0.05, 0) is 25.5 Å². The molecule has 0 radical (unpaired) electrons. The molecule has 0 atom stereocenters. The van der Waals surface area contributed by atoms with Gasteiger partial charge in [0.1, 0.15) is 5.82 Å². The predicted octanol–water partition coefficient (Wildman–Crippen LogP) is 3.03. The number of rotatable bonds is 5. The fraction of sp³-hybridized carbons (Fsp3) is 0.333. The van der Waals surface area contributed by atoms with E-state index >= 15 is 0 Å². The fourth-order valence-electron chi connectivity index (χ4n) is 1.94. The normalized spacial score (nSPS) is 10.5. The van der Waals surface area contributed by atoms with Crippen LogP contribution < -0.4 is 5.32 Å². The van der Waals surface area contributed by atoms with Crippen molar-refractivity contribution < 1.29 is 4.74 Å². The second-order valence-corrected chi connectivity index (χ2v) is 4.38. The lowest BCUT2D eigenvalue weighted by Crippen LogP contribution is -2.02. The molecule has 0 aliphatic carbocycles. The van der Waals surface area contributed by atoms with Crippen LogP contribution in [-0.2, 0) is 11.3 Å². The predicted molar refractivity (Wildman–Crippen MR) is 77.1 cm³/mol. The molecule has 2 aromatic rings. The highest BCUT2D eigenvalue weighted by Crippen LogP contribution is 2.19. The van der Waals surface area contributed by atoms with Crippen LogP contribution >= 0.6 is 0 Å². The summed E-state index contributed by atoms with van der Waals surface area (Å²) in [4.78, 5) is 9.03. The number of methoxy groups -OCH3 is 1. The molecule has 19 heavy (non-hydrogen) atoms. The van der Waals surface area contributed by atoms with Gasteiger partial charge < -0.3 is 10.1 Å². The third-order valence-electron chi connectivity index (χ3n) is 2.71. The van der Waals surface area contributed by atoms with Crippen LogP contribution in [0.1, 0.15) is 18.2 Å². The fourth-order valence-corrected chi connectivity index (χ4v) is 1.94. The van der Waals surface area contributed by atoms with E-state index in [2.05, 4.69) is 28.3 Å². The Morgan fingerprint density at radius 3 is 2.79 bits per heavy atom. The number of benzene rings is 1. The summed E-state index contributed by atoms with van der Waals surface area (Å²) in [5, 5.41) is 3.22. The van der Waals surface area contributed by atoms with E-state index in [-0.39, 0.29) is 0 Å². The number of nitrogens with zero attached hydrogens (tertiary/aromatic N) is 2. The molecular weight excluding hydrogens is 238 g/mol. The van der Waals surface area contributed by atoms with Crippen molar-refractivity contribution in [1.82, 2.24) is 9.97 Å². The average molecular weight is 257 g/mol. The Hall–Kier alpha value is -1.94. The van der Waals surface area contributed by atoms with Gasteiger partial charge in [0, 0.05) is 31.0 Å². The second kappa shape index (κ2) is 6.29. The summed E-state index contributed by atoms with van der Waals surface area (Å²) in [5.74, 6) is 1.61. The molecule has 100 valence electrons. The van der Waals surface area contributed by atoms with Crippen molar-refractivity contribution in [3.05, 3.63) is 41.6 Å². The Bertz CT molecular complexity index is 555. The van der Waals surface area contributed by atoms with Gasteiger partial charge in [0.05, 0.1) is 6.61 Å². The molecule has 1 aromatic heterocycles. The summed E-state index contributed by atoms with van der Waals surface area (Å²) in [7, 11) is 1.69. The zero-order chi connectivity index (χ0) is 13.7. The molecule has 0 fully saturated rings. The van der Waals surface area contributed by atoms with E-state index < -0.39 is 0 Å². The van der Waals surface area contributed by atoms with Crippen LogP contribution in [0, 0.1) is 6.92 Å². The molecule has 0 spiro atoms. The number of aryl methyl sites for hydroxylation is 1. The van der Waals surface area contributed by atoms with Gasteiger partial charge in [-0.2, -0.15) is 0 Å². The molecule has 0 aliphatic rings. The zero-order valence-corrected chi connectivity index (χ0v) is 11.6. The lowest BCUT2D eigenvalue weighted by Gasteiger charge is -2.08. The lowest BCUT2D eigenvalue weighted by molar-refractivity contribution is 0.185. The highest BCUT2D eigenvalue weighted by atomic mass is 16.5. The molecular formula is C15H19N3O. The van der Waals surface area contributed by atoms with E-state index in [9.17, 15) is 0 Å². The molecule has 0 unspecified atom stereocenters. The molecule has 2 rings (SSSR count). The van der Waals surface area contributed by atoms with E-state index in [4.69, 9.17) is 4.74 Å². The monoisotopic (exact) mass is 257 g/mol. The largest absolute Gasteiger partial charge is 0.380 e. The van der Waals surface area contributed by atoms with Crippen molar-refractivity contribution in [2.45, 2.75) is 20.5 Å². The van der Waals surface area contributed by atoms with Crippen molar-refractivity contribution in [2.24, 2.45) is 0 Å². The molecule has 1 heterocycles. The first kappa shape index (κ1) is 13.5. The quantitative estimate of drug-likeness (QED) is 0.894. The number of aromatic nitrogens is 2. The smallest absolute Gasteiger partial charge is 0.161 e. The van der Waals surface area contributed by atoms with E-state index in [1.54, 1.807) is 7.11 Å². The number of ether oxygens (including phenoxy) is 1. The van der Waals surface area contributed by atoms with Crippen LogP contribution in [0.2, 0.25) is 0 Å². The molecule has 0 amide bonds. The molecule has 0 saturated carbocycles. The molecule has 1 aromatic carbocycles. The first-order chi connectivity index (χ1) is 9.22. The Labute approximate surface area is 113 Å². The van der Waals surface area contributed by atoms with E-state index in [1.165, 1.54) is 0 Å². The maximum absolute atomic E-state index is 5.15. The Balaban J connectivity index is 2.37. The number of nitrogens with one attached hydrogen (secondary N) is 1. The van der Waals surface area contributed by atoms with Gasteiger partial charge in [0.25, 0.3) is 0 Å². The Morgan fingerprint density at radius 2 is 2.05 bits per heavy atom. The maximum Gasteiger partial charge on any atom is 0.161 e. The summed E-state index contributed by atoms with van der Waals surface area (Å²) in [6.07, 6.45) is 0. The summed E-state index contributed by atoms with van der Waals surface area (Å²) >= 11 is 0. The van der Waals surface area contributed by atoms with E-state index in [0.29, 0.717) is 6.61 Å². The number of hydrogen-bond acceptors (Lipinski definition) is 4. The Morgan fingerprint density at radius 1 is 1.21 bits per heavy atom. The van der Waals surface area contributed by atoms with Gasteiger partial charge in [0.2, 0.25) is 0 Å². The van der Waals surface area contributed by atoms with Gasteiger partial charge in [-0.25, -0.2) is 9.97 Å². The van der Waals surface area contributed by atoms with E-state index in [1.807, 2.05) is 31.2 Å². The van der Waals surface area contributed by atoms with Gasteiger partial charge in [0.15, 0.2) is 5.82 Å². The van der Waals surface area contributed by atoms with Gasteiger partial charge in [-0.1, -0.05) is 18.2 Å². The number of hydrogen-bond donors (Lipinski definition) is 1. The van der Waals surface area contributed by atoms with Crippen molar-refractivity contribution in [1.29, 1.82) is 0 Å². The molecule has 1 N–H and O–H groups in total. The van der Waals surface area contributed by atoms with Crippen molar-refractivity contribution >= 4 is 5.82 Å². The highest BCUT2D eigenvalue weighted by molar-refractivity contribution is 5.58. The second-order valence-electron chi connectivity index (χ2n) is 4.38. The van der Waals surface area contributed by atoms with Crippen LogP contribution in [0.15, 0.2) is 30.3 Å². The maximum atomic E-state index is 5.15. The van der Waals surface area contributed by atoms with Crippen LogP contribution in [0.5, 0.6) is 0 Å². The topological polar surface area (TPSA) is 47.0 Å². The van der Waals surface area contributed by atoms with Crippen LogP contribution in [0.3, 0.4) is 0 Å². The summed E-state index contributed by atoms with van der Waals surface area (Å²) in [5.41, 5.74) is 3.09. The molecule has 4 heteroatoms. The highest BCUT2D eigenvalue weighted by Gasteiger charge is 2.05. The molecule has 0 saturated heterocycles. The van der Waals surface area contributed by atoms with Crippen molar-refractivity contribution in [3.63, 3.8) is 0 Å². The molecule has 4 nitrogen and oxygen atoms in total. The summed E-state index contributed by atoms with van der Waals surface area (Å²) in [6.45, 7) is 5.47. The van der Waals surface area contributed by atoms with Gasteiger partial charge in [-0.3, -0.25) is 0 Å². The summed E-state index contributed by atoms with van der Waals surface area (Å²) in [6, 6.07) is 10.1. The Kier molecular flexibility index (Phi) is 4.47. The minimum atomic E-state index is 0.597. The standard InChI is InChI=1S/C15H19N3O/c1-4-16-14-8-11(2)17-15(18-14)13-7-5-6-12(9-13)10-19-3/h5-9H,4,10H2,1-3H3,(H,16,17,18). The number of anilines is 1. The lowest BCUT2D eigenvalue weighted by atomic mass is 10.1. The van der Waals surface area contributed by atoms with Crippen LogP contribution in [-0.4, -0.2) is 23.6 Å². The van der Waals surface area contributed by atoms with Crippen molar-refractivity contribution in [2.75, 3.05) is 19.0 Å². The molecule has 0 aliphatic heterocycles. The van der Waals surface area contributed by atoms with E-state index in [0.717, 1.165) is 35.0 Å². The summed E-state index contributed by atoms with van der Waals surface area (Å²) < 4.78 is 5.15. The van der Waals surface area contributed by atoms with Crippen LogP contribution in [0.4, 0.5) is 5.82 Å². The van der Waals surface area contributed by atoms with Gasteiger partial charge >= 0.3 is 0 Å². The minimum Gasteiger partial charge on any atom is -0.380 e. The van der Waals surface area contributed by atoms with Crippen molar-refractivity contribution in [3.8, 4) is 11.4 Å². The third kappa shape index (κ3) is 3.51. The third-order valence-corrected chi connectivity index (χ3v) is 2.71. The zero-order valence-electron chi connectivity index (χ0n) is 11.6. The molecule has 0 bridgehead atoms. The minimum absolute atomic E-state index is 0.597. The van der Waals surface area contributed by atoms with Gasteiger partial charge in [-0.15, -0.1) is 0 Å². The average Bonchev–Trinajstić information content (AvgIpc) is 2.39. The SMILES string of the molecule is CCNc1cc(C)nc(-c2cccc(COC)c2)n1.